The van der Waals surface area contributed by atoms with E-state index in [2.05, 4.69) is 24.7 Å². The standard InChI is InChI=1S/C19H17ClN6O4S/c1-2-11-8-15-14(9-13(11)20)23-16-17(24-19(28)25-18(16)27)26(15)7-6-22-31(29,30)12-4-3-5-21-10-12/h3-5,8-10,22H,2,6-7H2,1H3,(H,25,27,28). The van der Waals surface area contributed by atoms with Crippen LogP contribution in [0.2, 0.25) is 5.02 Å². The Kier molecular flexibility index (Phi) is 5.56. The maximum atomic E-state index is 12.5. The van der Waals surface area contributed by atoms with E-state index < -0.39 is 21.3 Å². The molecule has 3 heterocycles. The smallest absolute Gasteiger partial charge is 0.321 e. The summed E-state index contributed by atoms with van der Waals surface area (Å²) in [6.45, 7) is 2.01. The summed E-state index contributed by atoms with van der Waals surface area (Å²) in [5, 5.41) is 0.496. The Labute approximate surface area is 181 Å². The van der Waals surface area contributed by atoms with Gasteiger partial charge in [0.15, 0.2) is 11.5 Å². The molecule has 0 saturated heterocycles. The summed E-state index contributed by atoms with van der Waals surface area (Å²) in [7, 11) is -3.79. The lowest BCUT2D eigenvalue weighted by Crippen LogP contribution is -2.31. The lowest BCUT2D eigenvalue weighted by atomic mass is 10.1. The summed E-state index contributed by atoms with van der Waals surface area (Å²) < 4.78 is 29.1. The van der Waals surface area contributed by atoms with Gasteiger partial charge in [-0.05, 0) is 36.2 Å². The Morgan fingerprint density at radius 1 is 1.23 bits per heavy atom. The number of sulfonamides is 1. The predicted octanol–water partition coefficient (Wildman–Crippen LogP) is 1.17. The molecular formula is C19H17ClN6O4S. The van der Waals surface area contributed by atoms with Crippen LogP contribution in [-0.2, 0) is 23.0 Å². The first kappa shape index (κ1) is 21.1. The van der Waals surface area contributed by atoms with Crippen molar-refractivity contribution in [2.24, 2.45) is 0 Å². The number of aromatic amines is 1. The molecule has 0 bridgehead atoms. The van der Waals surface area contributed by atoms with Crippen LogP contribution in [0.15, 0.2) is 51.1 Å². The molecule has 0 aliphatic carbocycles. The Morgan fingerprint density at radius 3 is 2.74 bits per heavy atom. The highest BCUT2D eigenvalue weighted by atomic mass is 35.5. The van der Waals surface area contributed by atoms with Gasteiger partial charge in [-0.2, -0.15) is 4.98 Å². The van der Waals surface area contributed by atoms with Crippen LogP contribution < -0.4 is 16.0 Å². The second-order valence-electron chi connectivity index (χ2n) is 6.68. The van der Waals surface area contributed by atoms with Crippen LogP contribution in [0.3, 0.4) is 0 Å². The zero-order valence-electron chi connectivity index (χ0n) is 16.3. The minimum Gasteiger partial charge on any atom is -0.321 e. The molecule has 2 aromatic rings. The van der Waals surface area contributed by atoms with Gasteiger partial charge in [0.1, 0.15) is 4.90 Å². The van der Waals surface area contributed by atoms with Crippen LogP contribution in [0, 0.1) is 0 Å². The van der Waals surface area contributed by atoms with Crippen molar-refractivity contribution in [2.45, 2.75) is 24.8 Å². The van der Waals surface area contributed by atoms with E-state index in [9.17, 15) is 18.0 Å². The van der Waals surface area contributed by atoms with E-state index in [0.717, 1.165) is 5.56 Å². The number of rotatable bonds is 6. The molecule has 0 spiro atoms. The first-order valence-corrected chi connectivity index (χ1v) is 11.2. The Morgan fingerprint density at radius 2 is 2.03 bits per heavy atom. The summed E-state index contributed by atoms with van der Waals surface area (Å²) in [6.07, 6.45) is 3.37. The van der Waals surface area contributed by atoms with Crippen molar-refractivity contribution in [3.05, 3.63) is 68.1 Å². The molecule has 2 N–H and O–H groups in total. The molecule has 0 unspecified atom stereocenters. The molecule has 1 aromatic heterocycles. The summed E-state index contributed by atoms with van der Waals surface area (Å²) in [5.74, 6) is 0.0613. The molecule has 160 valence electrons. The molecule has 1 aromatic carbocycles. The van der Waals surface area contributed by atoms with Crippen molar-refractivity contribution in [2.75, 3.05) is 6.54 Å². The van der Waals surface area contributed by atoms with E-state index >= 15 is 0 Å². The number of nitrogens with one attached hydrogen (secondary N) is 2. The fourth-order valence-electron chi connectivity index (χ4n) is 3.24. The van der Waals surface area contributed by atoms with Gasteiger partial charge in [-0.25, -0.2) is 22.9 Å². The molecule has 2 aliphatic rings. The minimum absolute atomic E-state index is 0.0249. The minimum atomic E-state index is -3.79. The fraction of sp³-hybridized carbons (Fsp3) is 0.211. The van der Waals surface area contributed by atoms with Crippen LogP contribution in [0.4, 0.5) is 0 Å². The largest absolute Gasteiger partial charge is 0.349 e. The monoisotopic (exact) mass is 460 g/mol. The Bertz CT molecular complexity index is 1470. The molecular weight excluding hydrogens is 444 g/mol. The number of hydrogen-bond donors (Lipinski definition) is 2. The molecule has 4 rings (SSSR count). The lowest BCUT2D eigenvalue weighted by molar-refractivity contribution is 0.573. The second-order valence-corrected chi connectivity index (χ2v) is 8.85. The van der Waals surface area contributed by atoms with E-state index in [1.807, 2.05) is 6.92 Å². The lowest BCUT2D eigenvalue weighted by Gasteiger charge is -2.18. The zero-order chi connectivity index (χ0) is 22.2. The second kappa shape index (κ2) is 8.17. The van der Waals surface area contributed by atoms with Gasteiger partial charge in [0.2, 0.25) is 10.0 Å². The van der Waals surface area contributed by atoms with Crippen molar-refractivity contribution in [3.8, 4) is 11.5 Å². The van der Waals surface area contributed by atoms with Crippen molar-refractivity contribution >= 4 is 32.7 Å². The quantitative estimate of drug-likeness (QED) is 0.411. The van der Waals surface area contributed by atoms with Crippen LogP contribution in [0.25, 0.3) is 22.6 Å². The van der Waals surface area contributed by atoms with Crippen LogP contribution >= 0.6 is 11.6 Å². The number of hydrogen-bond acceptors (Lipinski definition) is 7. The van der Waals surface area contributed by atoms with Gasteiger partial charge in [-0.15, -0.1) is 0 Å². The molecule has 2 aliphatic heterocycles. The van der Waals surface area contributed by atoms with E-state index in [1.54, 1.807) is 16.7 Å². The summed E-state index contributed by atoms with van der Waals surface area (Å²) >= 11 is 6.31. The number of H-pyrrole nitrogens is 1. The van der Waals surface area contributed by atoms with Crippen molar-refractivity contribution < 1.29 is 8.42 Å². The summed E-state index contributed by atoms with van der Waals surface area (Å²) in [5.41, 5.74) is 0.308. The number of halogens is 1. The number of aryl methyl sites for hydroxylation is 1. The van der Waals surface area contributed by atoms with E-state index in [4.69, 9.17) is 11.6 Å². The molecule has 12 heteroatoms. The zero-order valence-corrected chi connectivity index (χ0v) is 17.9. The number of aromatic nitrogens is 5. The Balaban J connectivity index is 1.80. The molecule has 0 fully saturated rings. The third-order valence-corrected chi connectivity index (χ3v) is 6.53. The number of benzene rings is 1. The average Bonchev–Trinajstić information content (AvgIpc) is 2.74. The van der Waals surface area contributed by atoms with Gasteiger partial charge < -0.3 is 4.57 Å². The molecule has 10 nitrogen and oxygen atoms in total. The predicted molar refractivity (Wildman–Crippen MR) is 115 cm³/mol. The average molecular weight is 461 g/mol. The van der Waals surface area contributed by atoms with Crippen LogP contribution in [0.1, 0.15) is 12.5 Å². The molecule has 0 saturated carbocycles. The highest BCUT2D eigenvalue weighted by Gasteiger charge is 2.20. The number of fused-ring (bicyclic) bond motifs is 2. The Hall–Kier alpha value is -3.15. The van der Waals surface area contributed by atoms with Crippen molar-refractivity contribution in [1.29, 1.82) is 0 Å². The van der Waals surface area contributed by atoms with Gasteiger partial charge in [-0.1, -0.05) is 18.5 Å². The summed E-state index contributed by atoms with van der Waals surface area (Å²) in [6, 6.07) is 6.39. The maximum absolute atomic E-state index is 12.5. The van der Waals surface area contributed by atoms with Gasteiger partial charge >= 0.3 is 5.69 Å². The maximum Gasteiger partial charge on any atom is 0.349 e. The SMILES string of the molecule is CCc1cc2c(cc1Cl)nc1c(=O)[nH]c(=O)nc-1n2CCNS(=O)(=O)c1cccnc1. The number of pyridine rings is 1. The first-order chi connectivity index (χ1) is 14.8. The van der Waals surface area contributed by atoms with Gasteiger partial charge in [0.25, 0.3) is 5.56 Å². The molecule has 31 heavy (non-hydrogen) atoms. The van der Waals surface area contributed by atoms with Gasteiger partial charge in [-0.3, -0.25) is 14.8 Å². The first-order valence-electron chi connectivity index (χ1n) is 9.33. The third kappa shape index (κ3) is 4.07. The fourth-order valence-corrected chi connectivity index (χ4v) is 4.51. The summed E-state index contributed by atoms with van der Waals surface area (Å²) in [4.78, 5) is 38.3. The van der Waals surface area contributed by atoms with Crippen molar-refractivity contribution in [1.82, 2.24) is 29.2 Å². The normalized spacial score (nSPS) is 11.9. The topological polar surface area (TPSA) is 140 Å². The van der Waals surface area contributed by atoms with Gasteiger partial charge in [0.05, 0.1) is 11.0 Å². The van der Waals surface area contributed by atoms with E-state index in [-0.39, 0.29) is 29.5 Å². The molecule has 0 radical (unpaired) electrons. The molecule has 0 atom stereocenters. The van der Waals surface area contributed by atoms with Gasteiger partial charge in [0, 0.05) is 30.5 Å². The number of nitrogens with zero attached hydrogens (tertiary/aromatic N) is 4. The van der Waals surface area contributed by atoms with E-state index in [0.29, 0.717) is 22.5 Å². The van der Waals surface area contributed by atoms with E-state index in [1.165, 1.54) is 24.5 Å². The highest BCUT2D eigenvalue weighted by Crippen LogP contribution is 2.27. The van der Waals surface area contributed by atoms with Crippen LogP contribution in [0.5, 0.6) is 0 Å². The van der Waals surface area contributed by atoms with Crippen LogP contribution in [-0.4, -0.2) is 39.5 Å². The highest BCUT2D eigenvalue weighted by molar-refractivity contribution is 7.89. The van der Waals surface area contributed by atoms with Crippen molar-refractivity contribution in [3.63, 3.8) is 0 Å². The third-order valence-electron chi connectivity index (χ3n) is 4.73. The molecule has 0 amide bonds.